The van der Waals surface area contributed by atoms with Crippen molar-refractivity contribution in [1.82, 2.24) is 5.32 Å². The van der Waals surface area contributed by atoms with Gasteiger partial charge in [-0.05, 0) is 36.4 Å². The fourth-order valence-electron chi connectivity index (χ4n) is 1.68. The Morgan fingerprint density at radius 2 is 1.65 bits per heavy atom. The molecule has 0 aliphatic carbocycles. The number of amides is 2. The predicted octanol–water partition coefficient (Wildman–Crippen LogP) is 3.13. The summed E-state index contributed by atoms with van der Waals surface area (Å²) in [4.78, 5) is 23.4. The highest BCUT2D eigenvalue weighted by Crippen LogP contribution is 2.19. The molecule has 0 aromatic heterocycles. The number of carbonyl (C=O) groups is 2. The van der Waals surface area contributed by atoms with Crippen LogP contribution in [0.4, 0.5) is 18.9 Å². The van der Waals surface area contributed by atoms with Crippen LogP contribution in [0.1, 0.15) is 10.4 Å². The normalized spacial score (nSPS) is 10.3. The molecule has 0 saturated carbocycles. The highest BCUT2D eigenvalue weighted by atomic mass is 35.5. The molecule has 8 heteroatoms. The highest BCUT2D eigenvalue weighted by Gasteiger charge is 2.11. The van der Waals surface area contributed by atoms with Crippen LogP contribution in [0.25, 0.3) is 0 Å². The number of rotatable bonds is 4. The molecule has 0 atom stereocenters. The van der Waals surface area contributed by atoms with E-state index in [4.69, 9.17) is 11.6 Å². The monoisotopic (exact) mass is 342 g/mol. The van der Waals surface area contributed by atoms with Crippen LogP contribution < -0.4 is 10.6 Å². The van der Waals surface area contributed by atoms with Crippen LogP contribution in [-0.2, 0) is 4.79 Å². The van der Waals surface area contributed by atoms with Gasteiger partial charge in [-0.2, -0.15) is 0 Å². The zero-order valence-electron chi connectivity index (χ0n) is 11.5. The fraction of sp³-hybridized carbons (Fsp3) is 0.0667. The molecule has 0 heterocycles. The summed E-state index contributed by atoms with van der Waals surface area (Å²) in [5.74, 6) is -4.20. The minimum absolute atomic E-state index is 0.124. The van der Waals surface area contributed by atoms with Crippen molar-refractivity contribution in [2.45, 2.75) is 0 Å². The molecule has 2 aromatic carbocycles. The van der Waals surface area contributed by atoms with Crippen LogP contribution in [-0.4, -0.2) is 18.4 Å². The van der Waals surface area contributed by atoms with Crippen molar-refractivity contribution >= 4 is 29.1 Å². The minimum atomic E-state index is -1.16. The molecule has 2 amide bonds. The second-order valence-electron chi connectivity index (χ2n) is 4.49. The average Bonchev–Trinajstić information content (AvgIpc) is 2.51. The zero-order valence-corrected chi connectivity index (χ0v) is 12.3. The Morgan fingerprint density at radius 1 is 0.957 bits per heavy atom. The molecule has 0 saturated heterocycles. The lowest BCUT2D eigenvalue weighted by Crippen LogP contribution is -2.32. The average molecular weight is 343 g/mol. The van der Waals surface area contributed by atoms with E-state index in [-0.39, 0.29) is 16.3 Å². The molecule has 0 fully saturated rings. The molecule has 0 aliphatic rings. The first-order chi connectivity index (χ1) is 10.9. The van der Waals surface area contributed by atoms with Crippen LogP contribution in [0, 0.1) is 17.5 Å². The van der Waals surface area contributed by atoms with Gasteiger partial charge in [0.25, 0.3) is 5.91 Å². The maximum absolute atomic E-state index is 13.0. The van der Waals surface area contributed by atoms with Crippen LogP contribution in [0.5, 0.6) is 0 Å². The lowest BCUT2D eigenvalue weighted by Gasteiger charge is -2.08. The van der Waals surface area contributed by atoms with Crippen molar-refractivity contribution in [3.8, 4) is 0 Å². The number of anilines is 1. The molecule has 0 aliphatic heterocycles. The number of nitrogens with one attached hydrogen (secondary N) is 2. The van der Waals surface area contributed by atoms with E-state index in [0.29, 0.717) is 0 Å². The number of hydrogen-bond acceptors (Lipinski definition) is 2. The molecule has 0 radical (unpaired) electrons. The Bertz CT molecular complexity index is 768. The second kappa shape index (κ2) is 7.15. The van der Waals surface area contributed by atoms with Gasteiger partial charge in [-0.25, -0.2) is 13.2 Å². The van der Waals surface area contributed by atoms with E-state index in [1.54, 1.807) is 0 Å². The van der Waals surface area contributed by atoms with E-state index in [1.807, 2.05) is 0 Å². The van der Waals surface area contributed by atoms with E-state index < -0.39 is 35.8 Å². The zero-order chi connectivity index (χ0) is 17.0. The molecular formula is C15H10ClF3N2O2. The standard InChI is InChI=1S/C15H10ClF3N2O2/c16-10-6-9(2-4-11(10)17)21-14(22)7-20-15(23)8-1-3-12(18)13(19)5-8/h1-6H,7H2,(H,20,23)(H,21,22). The Hall–Kier alpha value is -2.54. The molecule has 0 unspecified atom stereocenters. The topological polar surface area (TPSA) is 58.2 Å². The quantitative estimate of drug-likeness (QED) is 0.897. The first-order valence-corrected chi connectivity index (χ1v) is 6.73. The van der Waals surface area contributed by atoms with Gasteiger partial charge in [0.1, 0.15) is 5.82 Å². The van der Waals surface area contributed by atoms with Crippen LogP contribution >= 0.6 is 11.6 Å². The van der Waals surface area contributed by atoms with Crippen molar-refractivity contribution in [3.63, 3.8) is 0 Å². The summed E-state index contributed by atoms with van der Waals surface area (Å²) in [6.45, 7) is -0.410. The lowest BCUT2D eigenvalue weighted by atomic mass is 10.2. The molecule has 0 bridgehead atoms. The van der Waals surface area contributed by atoms with Gasteiger partial charge < -0.3 is 10.6 Å². The van der Waals surface area contributed by atoms with E-state index in [9.17, 15) is 22.8 Å². The second-order valence-corrected chi connectivity index (χ2v) is 4.90. The van der Waals surface area contributed by atoms with Crippen LogP contribution in [0.2, 0.25) is 5.02 Å². The molecule has 2 N–H and O–H groups in total. The SMILES string of the molecule is O=C(CNC(=O)c1ccc(F)c(F)c1)Nc1ccc(F)c(Cl)c1. The lowest BCUT2D eigenvalue weighted by molar-refractivity contribution is -0.115. The van der Waals surface area contributed by atoms with Crippen molar-refractivity contribution in [1.29, 1.82) is 0 Å². The summed E-state index contributed by atoms with van der Waals surface area (Å²) in [6, 6.07) is 6.22. The molecule has 120 valence electrons. The Balaban J connectivity index is 1.91. The third kappa shape index (κ3) is 4.46. The first kappa shape index (κ1) is 16.8. The van der Waals surface area contributed by atoms with E-state index in [0.717, 1.165) is 24.3 Å². The van der Waals surface area contributed by atoms with Crippen LogP contribution in [0.15, 0.2) is 36.4 Å². The van der Waals surface area contributed by atoms with Crippen molar-refractivity contribution < 1.29 is 22.8 Å². The Morgan fingerprint density at radius 3 is 2.30 bits per heavy atom. The van der Waals surface area contributed by atoms with Crippen LogP contribution in [0.3, 0.4) is 0 Å². The van der Waals surface area contributed by atoms with Gasteiger partial charge in [-0.15, -0.1) is 0 Å². The number of hydrogen-bond donors (Lipinski definition) is 2. The van der Waals surface area contributed by atoms with E-state index in [1.165, 1.54) is 12.1 Å². The van der Waals surface area contributed by atoms with Gasteiger partial charge in [-0.3, -0.25) is 9.59 Å². The smallest absolute Gasteiger partial charge is 0.251 e. The van der Waals surface area contributed by atoms with Crippen molar-refractivity contribution in [2.75, 3.05) is 11.9 Å². The number of carbonyl (C=O) groups excluding carboxylic acids is 2. The van der Waals surface area contributed by atoms with Crippen molar-refractivity contribution in [2.24, 2.45) is 0 Å². The number of halogens is 4. The van der Waals surface area contributed by atoms with Gasteiger partial charge in [0.05, 0.1) is 11.6 Å². The van der Waals surface area contributed by atoms with Gasteiger partial charge >= 0.3 is 0 Å². The summed E-state index contributed by atoms with van der Waals surface area (Å²) >= 11 is 5.57. The summed E-state index contributed by atoms with van der Waals surface area (Å²) in [5.41, 5.74) is 0.130. The number of benzene rings is 2. The third-order valence-corrected chi connectivity index (χ3v) is 3.08. The maximum Gasteiger partial charge on any atom is 0.251 e. The highest BCUT2D eigenvalue weighted by molar-refractivity contribution is 6.31. The summed E-state index contributed by atoms with van der Waals surface area (Å²) in [7, 11) is 0. The van der Waals surface area contributed by atoms with Crippen molar-refractivity contribution in [3.05, 3.63) is 64.4 Å². The first-order valence-electron chi connectivity index (χ1n) is 6.35. The molecule has 2 aromatic rings. The molecular weight excluding hydrogens is 333 g/mol. The third-order valence-electron chi connectivity index (χ3n) is 2.79. The largest absolute Gasteiger partial charge is 0.343 e. The minimum Gasteiger partial charge on any atom is -0.343 e. The van der Waals surface area contributed by atoms with E-state index >= 15 is 0 Å². The maximum atomic E-state index is 13.0. The van der Waals surface area contributed by atoms with E-state index in [2.05, 4.69) is 10.6 Å². The molecule has 4 nitrogen and oxygen atoms in total. The Labute approximate surface area is 134 Å². The Kier molecular flexibility index (Phi) is 5.23. The summed E-state index contributed by atoms with van der Waals surface area (Å²) < 4.78 is 38.8. The molecule has 23 heavy (non-hydrogen) atoms. The molecule has 2 rings (SSSR count). The predicted molar refractivity (Wildman–Crippen MR) is 78.7 cm³/mol. The summed E-state index contributed by atoms with van der Waals surface area (Å²) in [5, 5.41) is 4.48. The molecule has 0 spiro atoms. The van der Waals surface area contributed by atoms with Gasteiger partial charge in [-0.1, -0.05) is 11.6 Å². The summed E-state index contributed by atoms with van der Waals surface area (Å²) in [6.07, 6.45) is 0. The fourth-order valence-corrected chi connectivity index (χ4v) is 1.86. The van der Waals surface area contributed by atoms with Gasteiger partial charge in [0.15, 0.2) is 11.6 Å². The van der Waals surface area contributed by atoms with Gasteiger partial charge in [0.2, 0.25) is 5.91 Å². The van der Waals surface area contributed by atoms with Gasteiger partial charge in [0, 0.05) is 11.3 Å².